The molecular formula is C14H14F4N2O2. The molecule has 0 atom stereocenters. The summed E-state index contributed by atoms with van der Waals surface area (Å²) < 4.78 is 51.0. The maximum absolute atomic E-state index is 13.7. The van der Waals surface area contributed by atoms with Crippen LogP contribution in [0.3, 0.4) is 0 Å². The number of hydrogen-bond acceptors (Lipinski definition) is 2. The number of carbonyl (C=O) groups is 1. The highest BCUT2D eigenvalue weighted by molar-refractivity contribution is 5.66. The average molecular weight is 318 g/mol. The van der Waals surface area contributed by atoms with Gasteiger partial charge in [-0.3, -0.25) is 4.98 Å². The third-order valence-corrected chi connectivity index (χ3v) is 4.49. The Morgan fingerprint density at radius 2 is 2.05 bits per heavy atom. The highest BCUT2D eigenvalue weighted by Crippen LogP contribution is 2.52. The van der Waals surface area contributed by atoms with Crippen LogP contribution in [0.25, 0.3) is 0 Å². The molecule has 1 aromatic rings. The molecule has 1 aliphatic heterocycles. The summed E-state index contributed by atoms with van der Waals surface area (Å²) in [5, 5.41) is 8.79. The maximum Gasteiger partial charge on any atom is 0.417 e. The first-order valence-electron chi connectivity index (χ1n) is 6.88. The van der Waals surface area contributed by atoms with Gasteiger partial charge in [0, 0.05) is 24.7 Å². The molecule has 22 heavy (non-hydrogen) atoms. The summed E-state index contributed by atoms with van der Waals surface area (Å²) in [6, 6.07) is 0.478. The second kappa shape index (κ2) is 4.82. The summed E-state index contributed by atoms with van der Waals surface area (Å²) in [7, 11) is 0. The first kappa shape index (κ1) is 15.1. The van der Waals surface area contributed by atoms with Gasteiger partial charge in [0.05, 0.1) is 11.3 Å². The predicted molar refractivity (Wildman–Crippen MR) is 67.7 cm³/mol. The highest BCUT2D eigenvalue weighted by atomic mass is 19.4. The number of aromatic nitrogens is 1. The summed E-state index contributed by atoms with van der Waals surface area (Å²) in [4.78, 5) is 15.6. The number of nitrogens with zero attached hydrogens (tertiary/aromatic N) is 2. The van der Waals surface area contributed by atoms with Gasteiger partial charge >= 0.3 is 12.3 Å². The van der Waals surface area contributed by atoms with Crippen molar-refractivity contribution in [1.82, 2.24) is 9.88 Å². The number of carboxylic acid groups (broad SMARTS) is 1. The number of likely N-dealkylation sites (tertiary alicyclic amines) is 1. The number of halogens is 4. The van der Waals surface area contributed by atoms with E-state index in [4.69, 9.17) is 5.11 Å². The van der Waals surface area contributed by atoms with Gasteiger partial charge in [0.15, 0.2) is 0 Å². The molecule has 2 heterocycles. The van der Waals surface area contributed by atoms with Gasteiger partial charge in [-0.25, -0.2) is 9.18 Å². The van der Waals surface area contributed by atoms with Crippen LogP contribution in [-0.2, 0) is 12.6 Å². The van der Waals surface area contributed by atoms with Crippen LogP contribution in [0.2, 0.25) is 0 Å². The Kier molecular flexibility index (Phi) is 3.30. The fraction of sp³-hybridized carbons (Fsp3) is 0.571. The van der Waals surface area contributed by atoms with E-state index in [9.17, 15) is 22.4 Å². The highest BCUT2D eigenvalue weighted by Gasteiger charge is 2.53. The molecule has 0 radical (unpaired) electrons. The second-order valence-corrected chi connectivity index (χ2v) is 6.27. The van der Waals surface area contributed by atoms with Crippen molar-refractivity contribution in [2.75, 3.05) is 13.1 Å². The minimum absolute atomic E-state index is 0.00849. The van der Waals surface area contributed by atoms with Crippen molar-refractivity contribution >= 4 is 6.09 Å². The zero-order valence-corrected chi connectivity index (χ0v) is 11.5. The molecule has 1 spiro atoms. The van der Waals surface area contributed by atoms with Crippen LogP contribution < -0.4 is 0 Å². The molecule has 1 aliphatic carbocycles. The van der Waals surface area contributed by atoms with E-state index in [2.05, 4.69) is 4.98 Å². The van der Waals surface area contributed by atoms with Crippen molar-refractivity contribution in [2.24, 2.45) is 11.3 Å². The van der Waals surface area contributed by atoms with E-state index in [1.165, 1.54) is 4.90 Å². The molecule has 120 valence electrons. The summed E-state index contributed by atoms with van der Waals surface area (Å²) >= 11 is 0. The molecule has 8 heteroatoms. The lowest BCUT2D eigenvalue weighted by Crippen LogP contribution is -2.63. The van der Waals surface area contributed by atoms with Gasteiger partial charge in [-0.15, -0.1) is 0 Å². The molecule has 3 rings (SSSR count). The Hall–Kier alpha value is -1.86. The maximum atomic E-state index is 13.7. The number of pyridine rings is 1. The molecule has 1 amide bonds. The predicted octanol–water partition coefficient (Wildman–Crippen LogP) is 3.17. The molecule has 1 aromatic heterocycles. The Morgan fingerprint density at radius 1 is 1.41 bits per heavy atom. The van der Waals surface area contributed by atoms with E-state index in [-0.39, 0.29) is 17.0 Å². The monoisotopic (exact) mass is 318 g/mol. The number of rotatable bonds is 2. The molecule has 4 nitrogen and oxygen atoms in total. The van der Waals surface area contributed by atoms with Gasteiger partial charge in [0.1, 0.15) is 5.82 Å². The van der Waals surface area contributed by atoms with Crippen LogP contribution in [0.15, 0.2) is 12.3 Å². The van der Waals surface area contributed by atoms with E-state index < -0.39 is 23.7 Å². The SMILES string of the molecule is O=C(O)N1CC2(CC(Cc3ncc(C(F)(F)F)cc3F)C2)C1. The molecule has 1 N–H and O–H groups in total. The first-order valence-corrected chi connectivity index (χ1v) is 6.88. The number of hydrogen-bond donors (Lipinski definition) is 1. The van der Waals surface area contributed by atoms with Crippen LogP contribution in [0.4, 0.5) is 22.4 Å². The van der Waals surface area contributed by atoms with Crippen LogP contribution in [0.5, 0.6) is 0 Å². The molecule has 2 aliphatic rings. The minimum atomic E-state index is -4.60. The lowest BCUT2D eigenvalue weighted by atomic mass is 9.57. The molecule has 1 saturated heterocycles. The van der Waals surface area contributed by atoms with E-state index in [1.807, 2.05) is 0 Å². The average Bonchev–Trinajstić information content (AvgIpc) is 2.30. The summed E-state index contributed by atoms with van der Waals surface area (Å²) in [6.07, 6.45) is -3.07. The molecule has 1 saturated carbocycles. The zero-order valence-electron chi connectivity index (χ0n) is 11.5. The van der Waals surface area contributed by atoms with Crippen LogP contribution in [0.1, 0.15) is 24.1 Å². The summed E-state index contributed by atoms with van der Waals surface area (Å²) in [5.41, 5.74) is -1.05. The van der Waals surface area contributed by atoms with Crippen molar-refractivity contribution in [3.63, 3.8) is 0 Å². The lowest BCUT2D eigenvalue weighted by molar-refractivity contribution is -0.138. The zero-order chi connectivity index (χ0) is 16.1. The normalized spacial score (nSPS) is 20.6. The fourth-order valence-corrected chi connectivity index (χ4v) is 3.51. The van der Waals surface area contributed by atoms with E-state index in [1.54, 1.807) is 0 Å². The van der Waals surface area contributed by atoms with E-state index >= 15 is 0 Å². The largest absolute Gasteiger partial charge is 0.465 e. The van der Waals surface area contributed by atoms with E-state index in [0.717, 1.165) is 12.8 Å². The first-order chi connectivity index (χ1) is 10.2. The van der Waals surface area contributed by atoms with Gasteiger partial charge in [-0.2, -0.15) is 13.2 Å². The minimum Gasteiger partial charge on any atom is -0.465 e. The van der Waals surface area contributed by atoms with Crippen LogP contribution in [0, 0.1) is 17.2 Å². The number of amides is 1. The van der Waals surface area contributed by atoms with E-state index in [0.29, 0.717) is 31.8 Å². The van der Waals surface area contributed by atoms with Gasteiger partial charge < -0.3 is 10.0 Å². The Morgan fingerprint density at radius 3 is 2.55 bits per heavy atom. The summed E-state index contributed by atoms with van der Waals surface area (Å²) in [6.45, 7) is 0.976. The topological polar surface area (TPSA) is 53.4 Å². The second-order valence-electron chi connectivity index (χ2n) is 6.27. The Balaban J connectivity index is 1.57. The molecule has 0 aromatic carbocycles. The van der Waals surface area contributed by atoms with Crippen LogP contribution in [-0.4, -0.2) is 34.2 Å². The third kappa shape index (κ3) is 2.62. The Labute approximate surface area is 123 Å². The molecule has 0 unspecified atom stereocenters. The molecular weight excluding hydrogens is 304 g/mol. The fourth-order valence-electron chi connectivity index (χ4n) is 3.51. The van der Waals surface area contributed by atoms with Crippen molar-refractivity contribution in [3.8, 4) is 0 Å². The smallest absolute Gasteiger partial charge is 0.417 e. The van der Waals surface area contributed by atoms with Gasteiger partial charge in [0.2, 0.25) is 0 Å². The lowest BCUT2D eigenvalue weighted by Gasteiger charge is -2.58. The molecule has 0 bridgehead atoms. The quantitative estimate of drug-likeness (QED) is 0.852. The van der Waals surface area contributed by atoms with Gasteiger partial charge in [-0.1, -0.05) is 0 Å². The van der Waals surface area contributed by atoms with Crippen molar-refractivity contribution < 1.29 is 27.5 Å². The molecule has 2 fully saturated rings. The van der Waals surface area contributed by atoms with Crippen molar-refractivity contribution in [3.05, 3.63) is 29.3 Å². The standard InChI is InChI=1S/C14H14F4N2O2/c15-10-2-9(14(16,17)18)5-19-11(10)1-8-3-13(4-8)6-20(7-13)12(21)22/h2,5,8H,1,3-4,6-7H2,(H,21,22). The van der Waals surface area contributed by atoms with Crippen LogP contribution >= 0.6 is 0 Å². The van der Waals surface area contributed by atoms with Gasteiger partial charge in [-0.05, 0) is 31.2 Å². The van der Waals surface area contributed by atoms with Crippen molar-refractivity contribution in [1.29, 1.82) is 0 Å². The number of alkyl halides is 3. The van der Waals surface area contributed by atoms with Gasteiger partial charge in [0.25, 0.3) is 0 Å². The Bertz CT molecular complexity index is 603. The van der Waals surface area contributed by atoms with Crippen molar-refractivity contribution in [2.45, 2.75) is 25.4 Å². The summed E-state index contributed by atoms with van der Waals surface area (Å²) in [5.74, 6) is -0.786. The third-order valence-electron chi connectivity index (χ3n) is 4.49.